The van der Waals surface area contributed by atoms with Gasteiger partial charge in [0.25, 0.3) is 0 Å². The number of benzene rings is 8. The summed E-state index contributed by atoms with van der Waals surface area (Å²) in [5, 5.41) is 43.0. The average molecular weight is 2280 g/mol. The molecule has 16 heteroatoms. The number of hydrogen-bond donors (Lipinski definition) is 2. The zero-order valence-corrected chi connectivity index (χ0v) is 79.3. The van der Waals surface area contributed by atoms with E-state index in [0.29, 0.717) is 60.2 Å². The number of carbonyl (C=O) groups excluding carboxylic acids is 2. The van der Waals surface area contributed by atoms with E-state index in [1.165, 1.54) is 80.0 Å². The van der Waals surface area contributed by atoms with Crippen LogP contribution in [0, 0.1) is 30.0 Å². The summed E-state index contributed by atoms with van der Waals surface area (Å²) < 4.78 is 0. The van der Waals surface area contributed by atoms with E-state index in [0.717, 1.165) is 126 Å². The molecular formula is C102H111Ir3N8O4Pt-3. The van der Waals surface area contributed by atoms with Crippen LogP contribution in [-0.2, 0) is 91.0 Å². The number of nitrogens with zero attached hydrogens (tertiary/aromatic N) is 8. The van der Waals surface area contributed by atoms with Gasteiger partial charge in [-0.1, -0.05) is 267 Å². The van der Waals surface area contributed by atoms with E-state index >= 15 is 0 Å². The number of hydrogen-bond acceptors (Lipinski definition) is 8. The van der Waals surface area contributed by atoms with Gasteiger partial charge in [0.05, 0.1) is 33.8 Å². The van der Waals surface area contributed by atoms with Gasteiger partial charge in [-0.15, -0.1) is 156 Å². The van der Waals surface area contributed by atoms with Crippen molar-refractivity contribution >= 4 is 44.3 Å². The summed E-state index contributed by atoms with van der Waals surface area (Å²) in [6.07, 6.45) is 17.8. The first-order chi connectivity index (χ1) is 55.5. The Bertz CT molecular complexity index is 4940. The number of aliphatic hydroxyl groups excluding tert-OH is 2. The Morgan fingerprint density at radius 1 is 0.373 bits per heavy atom. The summed E-state index contributed by atoms with van der Waals surface area (Å²) in [7, 11) is 0. The first-order valence-electron chi connectivity index (χ1n) is 41.2. The normalized spacial score (nSPS) is 20.4. The van der Waals surface area contributed by atoms with E-state index in [4.69, 9.17) is 46.4 Å². The molecule has 2 saturated heterocycles. The summed E-state index contributed by atoms with van der Waals surface area (Å²) in [6, 6.07) is 85.8. The molecule has 0 aliphatic carbocycles. The van der Waals surface area contributed by atoms with Crippen LogP contribution in [0.4, 0.5) is 0 Å². The van der Waals surface area contributed by atoms with Crippen molar-refractivity contribution in [2.45, 2.75) is 208 Å². The average Bonchev–Trinajstić information content (AvgIpc) is 1.53. The first kappa shape index (κ1) is 97.2. The minimum absolute atomic E-state index is 0. The molecule has 8 bridgehead atoms. The zero-order valence-electron chi connectivity index (χ0n) is 69.9. The molecule has 16 rings (SSSR count). The third-order valence-corrected chi connectivity index (χ3v) is 22.5. The molecule has 623 valence electrons. The molecule has 10 atom stereocenters. The molecule has 5 aliphatic rings. The fourth-order valence-corrected chi connectivity index (χ4v) is 17.7. The zero-order chi connectivity index (χ0) is 80.6. The largest absolute Gasteiger partial charge is 4.00 e. The van der Waals surface area contributed by atoms with Crippen molar-refractivity contribution in [1.29, 1.82) is 0 Å². The Morgan fingerprint density at radius 2 is 0.746 bits per heavy atom. The van der Waals surface area contributed by atoms with Gasteiger partial charge in [0.2, 0.25) is 0 Å². The van der Waals surface area contributed by atoms with Crippen molar-refractivity contribution in [3.8, 4) is 56.2 Å². The number of ketones is 2. The van der Waals surface area contributed by atoms with Crippen LogP contribution < -0.4 is 0 Å². The number of fused-ring (bicyclic) bond motifs is 12. The standard InChI is InChI=1S/C36H58N4.C20H13N2.C19H12N.C17H12N.2C5H8O2.3Ir.Pt/c1-9-21-22(10-2)30-18-32-25(13-5)26(14-6)34(39-32)20-36-28(16-8)27(15-7)35(40-36)19-33-24(12-4)23(11-3)31(38-33)17-29(21)37-30;1-3-9-15(10-4-1)19-20(16-11-5-2-6-12-16)22-18-14-8-7-13-17(18)21-19;1-2-8-14(9-3-1)19-17-12-5-4-10-15(17)16-11-6-7-13-18(16)20-19;1-2-7-14(8-3-1)15-9-6-10-16(13-15)17-11-4-5-12-18-17;2*1-4(6)3-5(2)7;;;;/h21-22,29-36H,9-20H2,1-8H3;1-11,13-14H;1-8,10-13H;1-9,11-13H;2*3,6H,1-2H3;;;;/q-4;3*-1;;;;;;+4/t21-,22?,29?,30+,31+,32?,33-,34?,35+,36?;;;;;;;;;/m0........./s1. The fourth-order valence-electron chi connectivity index (χ4n) is 17.7. The Labute approximate surface area is 756 Å². The SMILES string of the molecule is CC(=O)C=C(C)O.CC(=O)C=C(C)O.CCC1=C(CC)C2C[C@H]3[N-]C(C[C@H]4[N-][C@@H](C[C@H]5[N-]C(CC1[N-]2)C(CC)=C5CC)C(CC)=C4CC)[C@@H](CC)C3CC.[Ir].[Ir].[Ir].[Pt+4].[c-]1ccc(-c2ccccc2)cc1-c1ccccn1.[c-]1ccccc1-c1nc2ccccc2c2ccccc12.[c-]1ccccc1-c1nc2ccccc2nc1-c1ccccc1. The number of para-hydroxylation sites is 3. The minimum Gasteiger partial charge on any atom is -0.656 e. The number of carbonyl (C=O) groups is 2. The summed E-state index contributed by atoms with van der Waals surface area (Å²) in [5.41, 5.74) is 22.8. The number of rotatable bonds is 15. The van der Waals surface area contributed by atoms with Gasteiger partial charge >= 0.3 is 21.1 Å². The van der Waals surface area contributed by atoms with E-state index in [1.54, 1.807) is 39.6 Å². The number of pyridine rings is 2. The van der Waals surface area contributed by atoms with Crippen molar-refractivity contribution in [2.24, 2.45) is 11.8 Å². The van der Waals surface area contributed by atoms with Crippen LogP contribution in [0.1, 0.15) is 160 Å². The molecule has 12 nitrogen and oxygen atoms in total. The molecule has 11 aromatic rings. The van der Waals surface area contributed by atoms with Gasteiger partial charge in [-0.2, -0.15) is 0 Å². The Kier molecular flexibility index (Phi) is 39.9. The second-order valence-electron chi connectivity index (χ2n) is 29.9. The first-order valence-corrected chi connectivity index (χ1v) is 41.2. The molecule has 0 amide bonds. The van der Waals surface area contributed by atoms with Gasteiger partial charge in [-0.05, 0) is 124 Å². The van der Waals surface area contributed by atoms with Crippen LogP contribution >= 0.6 is 0 Å². The molecule has 5 aliphatic heterocycles. The smallest absolute Gasteiger partial charge is 0.656 e. The predicted molar refractivity (Wildman–Crippen MR) is 473 cm³/mol. The molecule has 8 aromatic carbocycles. The molecule has 8 heterocycles. The van der Waals surface area contributed by atoms with Crippen LogP contribution in [0.5, 0.6) is 0 Å². The maximum Gasteiger partial charge on any atom is 4.00 e. The quantitative estimate of drug-likeness (QED) is 0.0334. The molecular weight excluding hydrogens is 2170 g/mol. The van der Waals surface area contributed by atoms with Crippen LogP contribution in [0.25, 0.3) is 110 Å². The molecule has 0 spiro atoms. The number of aliphatic hydroxyl groups is 2. The summed E-state index contributed by atoms with van der Waals surface area (Å²) in [6.45, 7) is 24.7. The van der Waals surface area contributed by atoms with Crippen molar-refractivity contribution in [1.82, 2.24) is 19.9 Å². The van der Waals surface area contributed by atoms with Gasteiger partial charge in [0.1, 0.15) is 0 Å². The third-order valence-electron chi connectivity index (χ3n) is 22.5. The molecule has 2 fully saturated rings. The summed E-state index contributed by atoms with van der Waals surface area (Å²) in [5.74, 6) is 1.25. The van der Waals surface area contributed by atoms with E-state index in [2.05, 4.69) is 164 Å². The van der Waals surface area contributed by atoms with Gasteiger partial charge in [-0.25, -0.2) is 0 Å². The molecule has 0 saturated carbocycles. The summed E-state index contributed by atoms with van der Waals surface area (Å²) in [4.78, 5) is 38.9. The van der Waals surface area contributed by atoms with E-state index in [1.807, 2.05) is 133 Å². The van der Waals surface area contributed by atoms with Gasteiger partial charge in [-0.3, -0.25) is 24.5 Å². The van der Waals surface area contributed by atoms with E-state index in [-0.39, 0.29) is 104 Å². The minimum atomic E-state index is -0.125. The predicted octanol–water partition coefficient (Wildman–Crippen LogP) is 26.4. The number of allylic oxidation sites excluding steroid dienone is 4. The third kappa shape index (κ3) is 24.9. The molecule has 5 unspecified atom stereocenters. The maximum absolute atomic E-state index is 10.0. The molecule has 3 radical (unpaired) electrons. The molecule has 2 N–H and O–H groups in total. The van der Waals surface area contributed by atoms with Crippen LogP contribution in [-0.4, -0.2) is 90.1 Å². The second kappa shape index (κ2) is 48.5. The van der Waals surface area contributed by atoms with E-state index in [9.17, 15) is 9.59 Å². The van der Waals surface area contributed by atoms with E-state index < -0.39 is 0 Å². The van der Waals surface area contributed by atoms with Gasteiger partial charge in [0.15, 0.2) is 11.6 Å². The monoisotopic (exact) mass is 2290 g/mol. The van der Waals surface area contributed by atoms with Crippen molar-refractivity contribution in [2.75, 3.05) is 0 Å². The molecule has 3 aromatic heterocycles. The topological polar surface area (TPSA) is 183 Å². The van der Waals surface area contributed by atoms with Crippen molar-refractivity contribution in [3.05, 3.63) is 321 Å². The van der Waals surface area contributed by atoms with Gasteiger partial charge in [0, 0.05) is 89.7 Å². The van der Waals surface area contributed by atoms with Crippen molar-refractivity contribution < 1.29 is 101 Å². The second-order valence-corrected chi connectivity index (χ2v) is 29.9. The van der Waals surface area contributed by atoms with Gasteiger partial charge < -0.3 is 36.5 Å². The van der Waals surface area contributed by atoms with Crippen molar-refractivity contribution in [3.63, 3.8) is 0 Å². The summed E-state index contributed by atoms with van der Waals surface area (Å²) >= 11 is 0. The van der Waals surface area contributed by atoms with Crippen LogP contribution in [0.3, 0.4) is 0 Å². The Balaban J connectivity index is 0.000000212. The molecule has 118 heavy (non-hydrogen) atoms. The Morgan fingerprint density at radius 3 is 1.15 bits per heavy atom. The van der Waals surface area contributed by atoms with Crippen LogP contribution in [0.15, 0.2) is 282 Å². The van der Waals surface area contributed by atoms with Crippen LogP contribution in [0.2, 0.25) is 0 Å². The maximum atomic E-state index is 10.0. The number of aromatic nitrogens is 4. The fraction of sp³-hybridized carbons (Fsp3) is 0.333. The Hall–Kier alpha value is -7.96.